The summed E-state index contributed by atoms with van der Waals surface area (Å²) in [5.74, 6) is 1.69. The molecule has 0 bridgehead atoms. The van der Waals surface area contributed by atoms with Gasteiger partial charge in [0.1, 0.15) is 11.5 Å². The fourth-order valence-electron chi connectivity index (χ4n) is 2.51. The van der Waals surface area contributed by atoms with Gasteiger partial charge in [-0.05, 0) is 35.7 Å². The monoisotopic (exact) mass is 392 g/mol. The molecule has 0 aliphatic rings. The van der Waals surface area contributed by atoms with Crippen LogP contribution in [0.15, 0.2) is 40.8 Å². The van der Waals surface area contributed by atoms with Crippen LogP contribution in [-0.4, -0.2) is 20.9 Å². The zero-order chi connectivity index (χ0) is 19.9. The number of hydrogen-bond donors (Lipinski definition) is 2. The van der Waals surface area contributed by atoms with Gasteiger partial charge in [-0.3, -0.25) is 4.79 Å². The molecule has 0 fully saturated rings. The number of aryl methyl sites for hydroxylation is 2. The van der Waals surface area contributed by atoms with Gasteiger partial charge in [-0.25, -0.2) is 13.1 Å². The van der Waals surface area contributed by atoms with Crippen molar-refractivity contribution in [1.29, 1.82) is 0 Å². The Morgan fingerprint density at radius 2 is 1.89 bits per heavy atom. The van der Waals surface area contributed by atoms with Crippen LogP contribution in [0.3, 0.4) is 0 Å². The summed E-state index contributed by atoms with van der Waals surface area (Å²) in [6.07, 6.45) is 1.65. The average Bonchev–Trinajstić information content (AvgIpc) is 3.06. The smallest absolute Gasteiger partial charge is 0.224 e. The Kier molecular flexibility index (Phi) is 7.62. The van der Waals surface area contributed by atoms with Gasteiger partial charge >= 0.3 is 0 Å². The van der Waals surface area contributed by atoms with Crippen molar-refractivity contribution in [2.75, 3.05) is 11.9 Å². The first kappa shape index (κ1) is 21.2. The second kappa shape index (κ2) is 9.71. The molecule has 2 N–H and O–H groups in total. The van der Waals surface area contributed by atoms with Crippen molar-refractivity contribution in [2.45, 2.75) is 45.8 Å². The average molecular weight is 393 g/mol. The number of amides is 1. The van der Waals surface area contributed by atoms with Gasteiger partial charge in [0.25, 0.3) is 0 Å². The molecule has 1 heterocycles. The molecule has 6 nitrogen and oxygen atoms in total. The number of hydrogen-bond acceptors (Lipinski definition) is 4. The van der Waals surface area contributed by atoms with Gasteiger partial charge < -0.3 is 9.73 Å². The molecule has 7 heteroatoms. The third-order valence-electron chi connectivity index (χ3n) is 3.94. The van der Waals surface area contributed by atoms with Crippen LogP contribution in [0.5, 0.6) is 0 Å². The van der Waals surface area contributed by atoms with Crippen LogP contribution in [0, 0.1) is 5.92 Å². The van der Waals surface area contributed by atoms with Crippen molar-refractivity contribution in [2.24, 2.45) is 5.92 Å². The molecule has 1 amide bonds. The molecule has 2 aromatic rings. The highest BCUT2D eigenvalue weighted by molar-refractivity contribution is 7.88. The second-order valence-corrected chi connectivity index (χ2v) is 8.78. The Balaban J connectivity index is 1.89. The van der Waals surface area contributed by atoms with Crippen LogP contribution in [0.4, 0.5) is 5.69 Å². The standard InChI is InChI=1S/C20H28N2O4S/c1-4-18-8-9-19(26-18)10-11-20(23)22-17-7-5-6-16(12-17)14-27(24,25)21-13-15(2)3/h5-9,12,15,21H,4,10-11,13-14H2,1-3H3,(H,22,23). The van der Waals surface area contributed by atoms with Crippen LogP contribution in [0.25, 0.3) is 0 Å². The molecule has 0 atom stereocenters. The number of anilines is 1. The first-order valence-electron chi connectivity index (χ1n) is 9.21. The SMILES string of the molecule is CCc1ccc(CCC(=O)Nc2cccc(CS(=O)(=O)NCC(C)C)c2)o1. The molecule has 0 radical (unpaired) electrons. The minimum atomic E-state index is -3.40. The number of carbonyl (C=O) groups excluding carboxylic acids is 1. The van der Waals surface area contributed by atoms with Crippen LogP contribution in [0.2, 0.25) is 0 Å². The van der Waals surface area contributed by atoms with Gasteiger partial charge in [0.05, 0.1) is 5.75 Å². The molecule has 1 aromatic heterocycles. The van der Waals surface area contributed by atoms with Crippen LogP contribution >= 0.6 is 0 Å². The highest BCUT2D eigenvalue weighted by Gasteiger charge is 2.13. The van der Waals surface area contributed by atoms with E-state index < -0.39 is 10.0 Å². The lowest BCUT2D eigenvalue weighted by Crippen LogP contribution is -2.28. The molecule has 0 saturated heterocycles. The van der Waals surface area contributed by atoms with E-state index in [2.05, 4.69) is 10.0 Å². The van der Waals surface area contributed by atoms with E-state index in [9.17, 15) is 13.2 Å². The van der Waals surface area contributed by atoms with Gasteiger partial charge in [0, 0.05) is 31.5 Å². The lowest BCUT2D eigenvalue weighted by atomic mass is 10.2. The number of furan rings is 1. The van der Waals surface area contributed by atoms with Gasteiger partial charge in [-0.15, -0.1) is 0 Å². The molecule has 0 spiro atoms. The molecule has 0 unspecified atom stereocenters. The van der Waals surface area contributed by atoms with Crippen molar-refractivity contribution in [3.8, 4) is 0 Å². The number of nitrogens with one attached hydrogen (secondary N) is 2. The summed E-state index contributed by atoms with van der Waals surface area (Å²) >= 11 is 0. The normalized spacial score (nSPS) is 11.7. The molecule has 2 rings (SSSR count). The largest absolute Gasteiger partial charge is 0.466 e. The maximum Gasteiger partial charge on any atom is 0.224 e. The molecule has 148 valence electrons. The van der Waals surface area contributed by atoms with Crippen molar-refractivity contribution in [3.05, 3.63) is 53.5 Å². The lowest BCUT2D eigenvalue weighted by molar-refractivity contribution is -0.116. The van der Waals surface area contributed by atoms with Gasteiger partial charge in [-0.2, -0.15) is 0 Å². The fraction of sp³-hybridized carbons (Fsp3) is 0.450. The molecule has 1 aromatic carbocycles. The predicted molar refractivity (Wildman–Crippen MR) is 107 cm³/mol. The predicted octanol–water partition coefficient (Wildman–Crippen LogP) is 3.49. The minimum Gasteiger partial charge on any atom is -0.466 e. The topological polar surface area (TPSA) is 88.4 Å². The van der Waals surface area contributed by atoms with Crippen molar-refractivity contribution in [1.82, 2.24) is 4.72 Å². The molecule has 0 aliphatic heterocycles. The first-order chi connectivity index (χ1) is 12.8. The van der Waals surface area contributed by atoms with Gasteiger partial charge in [-0.1, -0.05) is 32.9 Å². The minimum absolute atomic E-state index is 0.115. The number of sulfonamides is 1. The van der Waals surface area contributed by atoms with E-state index in [1.807, 2.05) is 32.9 Å². The third kappa shape index (κ3) is 7.56. The molecule has 27 heavy (non-hydrogen) atoms. The van der Waals surface area contributed by atoms with Gasteiger partial charge in [0.15, 0.2) is 0 Å². The Morgan fingerprint density at radius 1 is 1.15 bits per heavy atom. The lowest BCUT2D eigenvalue weighted by Gasteiger charge is -2.10. The van der Waals surface area contributed by atoms with Crippen LogP contribution in [0.1, 0.15) is 44.3 Å². The number of carbonyl (C=O) groups is 1. The maximum absolute atomic E-state index is 12.2. The van der Waals surface area contributed by atoms with E-state index in [-0.39, 0.29) is 17.6 Å². The summed E-state index contributed by atoms with van der Waals surface area (Å²) in [4.78, 5) is 12.2. The Bertz CT molecular complexity index is 856. The fourth-order valence-corrected chi connectivity index (χ4v) is 3.82. The van der Waals surface area contributed by atoms with Crippen LogP contribution < -0.4 is 10.0 Å². The van der Waals surface area contributed by atoms with Crippen molar-refractivity contribution >= 4 is 21.6 Å². The summed E-state index contributed by atoms with van der Waals surface area (Å²) in [5, 5.41) is 2.81. The highest BCUT2D eigenvalue weighted by atomic mass is 32.2. The van der Waals surface area contributed by atoms with Crippen LogP contribution in [-0.2, 0) is 33.4 Å². The summed E-state index contributed by atoms with van der Waals surface area (Å²) in [6, 6.07) is 10.7. The quantitative estimate of drug-likeness (QED) is 0.648. The number of benzene rings is 1. The van der Waals surface area contributed by atoms with Gasteiger partial charge in [0.2, 0.25) is 15.9 Å². The third-order valence-corrected chi connectivity index (χ3v) is 5.26. The molecular weight excluding hydrogens is 364 g/mol. The summed E-state index contributed by atoms with van der Waals surface area (Å²) in [5.41, 5.74) is 1.22. The van der Waals surface area contributed by atoms with E-state index in [1.165, 1.54) is 0 Å². The summed E-state index contributed by atoms with van der Waals surface area (Å²) in [6.45, 7) is 6.32. The molecular formula is C20H28N2O4S. The Labute approximate surface area is 161 Å². The van der Waals surface area contributed by atoms with Crippen molar-refractivity contribution < 1.29 is 17.6 Å². The van der Waals surface area contributed by atoms with E-state index in [1.54, 1.807) is 24.3 Å². The second-order valence-electron chi connectivity index (χ2n) is 6.97. The van der Waals surface area contributed by atoms with E-state index in [4.69, 9.17) is 4.42 Å². The van der Waals surface area contributed by atoms with E-state index in [0.29, 0.717) is 30.6 Å². The first-order valence-corrected chi connectivity index (χ1v) is 10.9. The Hall–Kier alpha value is -2.12. The zero-order valence-electron chi connectivity index (χ0n) is 16.1. The zero-order valence-corrected chi connectivity index (χ0v) is 16.9. The maximum atomic E-state index is 12.2. The molecule has 0 aliphatic carbocycles. The van der Waals surface area contributed by atoms with E-state index in [0.717, 1.165) is 17.9 Å². The van der Waals surface area contributed by atoms with E-state index >= 15 is 0 Å². The van der Waals surface area contributed by atoms with Crippen molar-refractivity contribution in [3.63, 3.8) is 0 Å². The highest BCUT2D eigenvalue weighted by Crippen LogP contribution is 2.15. The number of rotatable bonds is 10. The summed E-state index contributed by atoms with van der Waals surface area (Å²) in [7, 11) is -3.40. The molecule has 0 saturated carbocycles. The Morgan fingerprint density at radius 3 is 2.56 bits per heavy atom. The summed E-state index contributed by atoms with van der Waals surface area (Å²) < 4.78 is 32.4.